The number of hydrogen-bond acceptors (Lipinski definition) is 2. The number of hydrogen-bond donors (Lipinski definition) is 1. The second kappa shape index (κ2) is 5.34. The minimum atomic E-state index is 0.480. The lowest BCUT2D eigenvalue weighted by Crippen LogP contribution is -2.21. The van der Waals surface area contributed by atoms with Crippen molar-refractivity contribution in [2.24, 2.45) is 0 Å². The van der Waals surface area contributed by atoms with Crippen LogP contribution in [0.3, 0.4) is 0 Å². The lowest BCUT2D eigenvalue weighted by molar-refractivity contribution is 0.589. The Morgan fingerprint density at radius 2 is 2.00 bits per heavy atom. The van der Waals surface area contributed by atoms with Crippen LogP contribution in [0.5, 0.6) is 0 Å². The Morgan fingerprint density at radius 1 is 1.29 bits per heavy atom. The molecule has 0 spiro atoms. The first-order valence-electron chi connectivity index (χ1n) is 5.68. The van der Waals surface area contributed by atoms with Gasteiger partial charge in [-0.2, -0.15) is 5.10 Å². The van der Waals surface area contributed by atoms with E-state index in [1.807, 2.05) is 41.3 Å². The maximum absolute atomic E-state index is 5.85. The SMILES string of the molecule is CC(C)NCc1cnn(-c2ccc(Cl)cc2)c1. The normalized spacial score (nSPS) is 11.1. The average molecular weight is 250 g/mol. The molecule has 0 atom stereocenters. The van der Waals surface area contributed by atoms with Crippen LogP contribution in [0.25, 0.3) is 5.69 Å². The fraction of sp³-hybridized carbons (Fsp3) is 0.308. The summed E-state index contributed by atoms with van der Waals surface area (Å²) >= 11 is 5.85. The van der Waals surface area contributed by atoms with Crippen LogP contribution in [0.2, 0.25) is 5.02 Å². The molecule has 90 valence electrons. The smallest absolute Gasteiger partial charge is 0.0646 e. The molecule has 0 aliphatic rings. The zero-order valence-corrected chi connectivity index (χ0v) is 10.8. The molecule has 4 heteroatoms. The van der Waals surface area contributed by atoms with Gasteiger partial charge in [0, 0.05) is 29.4 Å². The van der Waals surface area contributed by atoms with Gasteiger partial charge >= 0.3 is 0 Å². The molecular weight excluding hydrogens is 234 g/mol. The van der Waals surface area contributed by atoms with Crippen LogP contribution in [0.15, 0.2) is 36.7 Å². The first-order chi connectivity index (χ1) is 8.15. The fourth-order valence-corrected chi connectivity index (χ4v) is 1.63. The largest absolute Gasteiger partial charge is 0.310 e. The Morgan fingerprint density at radius 3 is 2.65 bits per heavy atom. The third-order valence-electron chi connectivity index (χ3n) is 2.44. The fourth-order valence-electron chi connectivity index (χ4n) is 1.51. The number of rotatable bonds is 4. The Labute approximate surface area is 106 Å². The average Bonchev–Trinajstić information content (AvgIpc) is 2.76. The molecule has 2 aromatic rings. The minimum absolute atomic E-state index is 0.480. The van der Waals surface area contributed by atoms with E-state index in [0.29, 0.717) is 6.04 Å². The van der Waals surface area contributed by atoms with Gasteiger partial charge in [-0.15, -0.1) is 0 Å². The molecule has 0 radical (unpaired) electrons. The predicted octanol–water partition coefficient (Wildman–Crippen LogP) is 3.02. The second-order valence-electron chi connectivity index (χ2n) is 4.31. The van der Waals surface area contributed by atoms with Crippen molar-refractivity contribution in [3.8, 4) is 5.69 Å². The van der Waals surface area contributed by atoms with E-state index < -0.39 is 0 Å². The molecule has 0 saturated heterocycles. The topological polar surface area (TPSA) is 29.9 Å². The van der Waals surface area contributed by atoms with Crippen molar-refractivity contribution < 1.29 is 0 Å². The highest BCUT2D eigenvalue weighted by molar-refractivity contribution is 6.30. The summed E-state index contributed by atoms with van der Waals surface area (Å²) in [5.74, 6) is 0. The van der Waals surface area contributed by atoms with Crippen molar-refractivity contribution in [1.82, 2.24) is 15.1 Å². The van der Waals surface area contributed by atoms with E-state index in [2.05, 4.69) is 24.3 Å². The third-order valence-corrected chi connectivity index (χ3v) is 2.69. The molecule has 1 aromatic carbocycles. The molecule has 0 saturated carbocycles. The Bertz CT molecular complexity index is 474. The molecule has 0 aliphatic carbocycles. The first kappa shape index (κ1) is 12.1. The van der Waals surface area contributed by atoms with Gasteiger partial charge in [0.05, 0.1) is 11.9 Å². The van der Waals surface area contributed by atoms with Crippen LogP contribution in [0.4, 0.5) is 0 Å². The summed E-state index contributed by atoms with van der Waals surface area (Å²) in [6.45, 7) is 5.10. The number of nitrogens with one attached hydrogen (secondary N) is 1. The molecule has 0 unspecified atom stereocenters. The van der Waals surface area contributed by atoms with Gasteiger partial charge in [0.25, 0.3) is 0 Å². The van der Waals surface area contributed by atoms with Gasteiger partial charge in [-0.05, 0) is 24.3 Å². The molecule has 2 rings (SSSR count). The van der Waals surface area contributed by atoms with Crippen LogP contribution in [-0.4, -0.2) is 15.8 Å². The van der Waals surface area contributed by atoms with Crippen LogP contribution in [-0.2, 0) is 6.54 Å². The Hall–Kier alpha value is -1.32. The monoisotopic (exact) mass is 249 g/mol. The Balaban J connectivity index is 2.10. The summed E-state index contributed by atoms with van der Waals surface area (Å²) in [6.07, 6.45) is 3.91. The molecule has 0 bridgehead atoms. The van der Waals surface area contributed by atoms with E-state index in [0.717, 1.165) is 17.3 Å². The van der Waals surface area contributed by atoms with Gasteiger partial charge in [0.1, 0.15) is 0 Å². The van der Waals surface area contributed by atoms with Crippen LogP contribution in [0.1, 0.15) is 19.4 Å². The maximum atomic E-state index is 5.85. The molecule has 1 heterocycles. The van der Waals surface area contributed by atoms with Crippen LogP contribution >= 0.6 is 11.6 Å². The van der Waals surface area contributed by atoms with Crippen LogP contribution < -0.4 is 5.32 Å². The molecule has 1 aromatic heterocycles. The minimum Gasteiger partial charge on any atom is -0.310 e. The third kappa shape index (κ3) is 3.32. The van der Waals surface area contributed by atoms with E-state index in [-0.39, 0.29) is 0 Å². The zero-order chi connectivity index (χ0) is 12.3. The summed E-state index contributed by atoms with van der Waals surface area (Å²) in [5, 5.41) is 8.43. The predicted molar refractivity (Wildman–Crippen MR) is 70.5 cm³/mol. The first-order valence-corrected chi connectivity index (χ1v) is 6.06. The van der Waals surface area contributed by atoms with Gasteiger partial charge in [0.15, 0.2) is 0 Å². The number of halogens is 1. The highest BCUT2D eigenvalue weighted by Gasteiger charge is 2.01. The van der Waals surface area contributed by atoms with E-state index in [1.54, 1.807) is 0 Å². The highest BCUT2D eigenvalue weighted by atomic mass is 35.5. The van der Waals surface area contributed by atoms with E-state index in [4.69, 9.17) is 11.6 Å². The van der Waals surface area contributed by atoms with Crippen molar-refractivity contribution >= 4 is 11.6 Å². The number of nitrogens with zero attached hydrogens (tertiary/aromatic N) is 2. The van der Waals surface area contributed by atoms with Gasteiger partial charge in [-0.1, -0.05) is 25.4 Å². The summed E-state index contributed by atoms with van der Waals surface area (Å²) in [4.78, 5) is 0. The second-order valence-corrected chi connectivity index (χ2v) is 4.74. The summed E-state index contributed by atoms with van der Waals surface area (Å²) in [5.41, 5.74) is 2.19. The molecular formula is C13H16ClN3. The zero-order valence-electron chi connectivity index (χ0n) is 10.0. The van der Waals surface area contributed by atoms with Crippen molar-refractivity contribution in [1.29, 1.82) is 0 Å². The summed E-state index contributed by atoms with van der Waals surface area (Å²) in [6, 6.07) is 8.12. The van der Waals surface area contributed by atoms with E-state index in [9.17, 15) is 0 Å². The lowest BCUT2D eigenvalue weighted by atomic mass is 10.3. The van der Waals surface area contributed by atoms with Crippen molar-refractivity contribution in [2.45, 2.75) is 26.4 Å². The van der Waals surface area contributed by atoms with E-state index >= 15 is 0 Å². The molecule has 3 nitrogen and oxygen atoms in total. The lowest BCUT2D eigenvalue weighted by Gasteiger charge is -2.05. The van der Waals surface area contributed by atoms with Crippen molar-refractivity contribution in [2.75, 3.05) is 0 Å². The molecule has 0 aliphatic heterocycles. The van der Waals surface area contributed by atoms with Crippen molar-refractivity contribution in [3.05, 3.63) is 47.2 Å². The Kier molecular flexibility index (Phi) is 3.82. The van der Waals surface area contributed by atoms with Gasteiger partial charge in [-0.3, -0.25) is 0 Å². The summed E-state index contributed by atoms with van der Waals surface area (Å²) < 4.78 is 1.85. The van der Waals surface area contributed by atoms with Crippen molar-refractivity contribution in [3.63, 3.8) is 0 Å². The molecule has 0 amide bonds. The highest BCUT2D eigenvalue weighted by Crippen LogP contribution is 2.13. The molecule has 1 N–H and O–H groups in total. The standard InChI is InChI=1S/C13H16ClN3/c1-10(2)15-7-11-8-16-17(9-11)13-5-3-12(14)4-6-13/h3-6,8-10,15H,7H2,1-2H3. The van der Waals surface area contributed by atoms with E-state index in [1.165, 1.54) is 5.56 Å². The van der Waals surface area contributed by atoms with Crippen LogP contribution in [0, 0.1) is 0 Å². The maximum Gasteiger partial charge on any atom is 0.0646 e. The molecule has 0 fully saturated rings. The van der Waals surface area contributed by atoms with Gasteiger partial charge in [0.2, 0.25) is 0 Å². The van der Waals surface area contributed by atoms with Gasteiger partial charge < -0.3 is 5.32 Å². The van der Waals surface area contributed by atoms with Gasteiger partial charge in [-0.25, -0.2) is 4.68 Å². The summed E-state index contributed by atoms with van der Waals surface area (Å²) in [7, 11) is 0. The number of benzene rings is 1. The molecule has 17 heavy (non-hydrogen) atoms. The quantitative estimate of drug-likeness (QED) is 0.903. The number of aromatic nitrogens is 2.